The Morgan fingerprint density at radius 2 is 1.53 bits per heavy atom. The van der Waals surface area contributed by atoms with Crippen molar-refractivity contribution in [3.8, 4) is 17.1 Å². The van der Waals surface area contributed by atoms with E-state index in [0.717, 1.165) is 65.3 Å². The van der Waals surface area contributed by atoms with Gasteiger partial charge >= 0.3 is 0 Å². The summed E-state index contributed by atoms with van der Waals surface area (Å²) < 4.78 is 2.46. The lowest BCUT2D eigenvalue weighted by atomic mass is 9.80. The molecule has 4 heteroatoms. The maximum atomic E-state index is 5.46. The van der Waals surface area contributed by atoms with Gasteiger partial charge in [-0.2, -0.15) is 0 Å². The molecule has 5 aromatic rings. The third kappa shape index (κ3) is 9.19. The predicted molar refractivity (Wildman–Crippen MR) is 250 cm³/mol. The average Bonchev–Trinajstić information content (AvgIpc) is 3.59. The van der Waals surface area contributed by atoms with Gasteiger partial charge in [-0.05, 0) is 91.8 Å². The van der Waals surface area contributed by atoms with E-state index in [2.05, 4.69) is 198 Å². The number of hydrogen-bond acceptors (Lipinski definition) is 3. The fourth-order valence-electron chi connectivity index (χ4n) is 7.92. The van der Waals surface area contributed by atoms with Crippen molar-refractivity contribution in [3.63, 3.8) is 0 Å². The molecule has 294 valence electrons. The zero-order valence-corrected chi connectivity index (χ0v) is 35.4. The van der Waals surface area contributed by atoms with Gasteiger partial charge in [-0.1, -0.05) is 150 Å². The Hall–Kier alpha value is -6.13. The van der Waals surface area contributed by atoms with Crippen LogP contribution < -0.4 is 0 Å². The van der Waals surface area contributed by atoms with E-state index < -0.39 is 0 Å². The van der Waals surface area contributed by atoms with Crippen LogP contribution in [0.3, 0.4) is 0 Å². The average molecular weight is 763 g/mol. The maximum Gasteiger partial charge on any atom is 0.138 e. The van der Waals surface area contributed by atoms with Crippen molar-refractivity contribution >= 4 is 28.1 Å². The normalized spacial score (nSPS) is 16.4. The minimum Gasteiger partial charge on any atom is -0.297 e. The molecule has 4 heterocycles. The van der Waals surface area contributed by atoms with E-state index in [4.69, 9.17) is 9.97 Å². The number of nitrogens with zero attached hydrogens (tertiary/aromatic N) is 4. The second kappa shape index (κ2) is 20.3. The van der Waals surface area contributed by atoms with Gasteiger partial charge in [0.1, 0.15) is 5.82 Å². The Bertz CT molecular complexity index is 2480. The number of benzene rings is 1. The van der Waals surface area contributed by atoms with Crippen LogP contribution >= 0.6 is 0 Å². The molecule has 0 spiro atoms. The number of pyridine rings is 3. The van der Waals surface area contributed by atoms with Crippen molar-refractivity contribution < 1.29 is 0 Å². The molecular weight excluding hydrogens is 705 g/mol. The van der Waals surface area contributed by atoms with Gasteiger partial charge in [0.25, 0.3) is 0 Å². The van der Waals surface area contributed by atoms with Gasteiger partial charge in [-0.15, -0.1) is 0 Å². The van der Waals surface area contributed by atoms with Crippen LogP contribution in [-0.4, -0.2) is 19.5 Å². The first-order chi connectivity index (χ1) is 28.4. The minimum absolute atomic E-state index is 0.112. The number of aromatic nitrogens is 4. The highest BCUT2D eigenvalue weighted by Crippen LogP contribution is 2.45. The Morgan fingerprint density at radius 1 is 0.759 bits per heavy atom. The molecule has 1 aliphatic carbocycles. The first-order valence-electron chi connectivity index (χ1n) is 21.0. The quantitative estimate of drug-likeness (QED) is 0.0998. The predicted octanol–water partition coefficient (Wildman–Crippen LogP) is 14.7. The Balaban J connectivity index is 1.63. The first kappa shape index (κ1) is 41.5. The molecule has 2 atom stereocenters. The van der Waals surface area contributed by atoms with Crippen LogP contribution in [0, 0.1) is 0 Å². The van der Waals surface area contributed by atoms with Gasteiger partial charge < -0.3 is 0 Å². The molecule has 4 nitrogen and oxygen atoms in total. The van der Waals surface area contributed by atoms with E-state index in [1.807, 2.05) is 24.5 Å². The van der Waals surface area contributed by atoms with E-state index >= 15 is 0 Å². The summed E-state index contributed by atoms with van der Waals surface area (Å²) in [5, 5.41) is 1.26. The molecule has 1 aliphatic rings. The number of rotatable bonds is 15. The molecule has 6 rings (SSSR count). The zero-order chi connectivity index (χ0) is 40.9. The van der Waals surface area contributed by atoms with Crippen molar-refractivity contribution in [3.05, 3.63) is 197 Å². The molecule has 0 radical (unpaired) electrons. The summed E-state index contributed by atoms with van der Waals surface area (Å²) in [6.45, 7) is 15.3. The smallest absolute Gasteiger partial charge is 0.138 e. The van der Waals surface area contributed by atoms with E-state index in [9.17, 15) is 0 Å². The molecule has 0 saturated carbocycles. The molecule has 1 aromatic carbocycles. The molecule has 0 fully saturated rings. The number of allylic oxidation sites excluding steroid dienone is 17. The molecule has 4 aromatic heterocycles. The highest BCUT2D eigenvalue weighted by Gasteiger charge is 2.28. The van der Waals surface area contributed by atoms with Gasteiger partial charge in [0.2, 0.25) is 0 Å². The lowest BCUT2D eigenvalue weighted by Gasteiger charge is -2.25. The summed E-state index contributed by atoms with van der Waals surface area (Å²) in [5.74, 6) is 1.21. The van der Waals surface area contributed by atoms with Crippen molar-refractivity contribution in [1.29, 1.82) is 0 Å². The lowest BCUT2D eigenvalue weighted by Crippen LogP contribution is -2.09. The summed E-state index contributed by atoms with van der Waals surface area (Å²) in [4.78, 5) is 14.9. The van der Waals surface area contributed by atoms with Crippen molar-refractivity contribution in [1.82, 2.24) is 19.5 Å². The Labute approximate surface area is 346 Å². The summed E-state index contributed by atoms with van der Waals surface area (Å²) in [5.41, 5.74) is 13.8. The van der Waals surface area contributed by atoms with Crippen molar-refractivity contribution in [2.45, 2.75) is 86.0 Å². The molecule has 0 N–H and O–H groups in total. The van der Waals surface area contributed by atoms with Crippen LogP contribution in [0.15, 0.2) is 164 Å². The van der Waals surface area contributed by atoms with Gasteiger partial charge in [0, 0.05) is 58.4 Å². The largest absolute Gasteiger partial charge is 0.297 e. The third-order valence-corrected chi connectivity index (χ3v) is 10.7. The molecule has 0 aliphatic heterocycles. The highest BCUT2D eigenvalue weighted by molar-refractivity contribution is 5.97. The summed E-state index contributed by atoms with van der Waals surface area (Å²) in [7, 11) is 0. The highest BCUT2D eigenvalue weighted by atomic mass is 15.1. The van der Waals surface area contributed by atoms with E-state index in [-0.39, 0.29) is 11.8 Å². The summed E-state index contributed by atoms with van der Waals surface area (Å²) >= 11 is 0. The second-order valence-electron chi connectivity index (χ2n) is 14.7. The van der Waals surface area contributed by atoms with Crippen LogP contribution in [-0.2, 0) is 6.42 Å². The molecular formula is C54H58N4. The second-order valence-corrected chi connectivity index (χ2v) is 14.7. The number of hydrogen-bond donors (Lipinski definition) is 0. The van der Waals surface area contributed by atoms with Gasteiger partial charge in [-0.3, -0.25) is 9.55 Å². The van der Waals surface area contributed by atoms with Gasteiger partial charge in [0.05, 0.1) is 22.6 Å². The van der Waals surface area contributed by atoms with Crippen LogP contribution in [0.1, 0.15) is 113 Å². The Morgan fingerprint density at radius 3 is 2.29 bits per heavy atom. The molecule has 58 heavy (non-hydrogen) atoms. The fraction of sp³-hybridized carbons (Fsp3) is 0.241. The van der Waals surface area contributed by atoms with E-state index in [1.54, 1.807) is 0 Å². The summed E-state index contributed by atoms with van der Waals surface area (Å²) in [6, 6.07) is 21.5. The molecule has 0 amide bonds. The maximum absolute atomic E-state index is 5.46. The van der Waals surface area contributed by atoms with Crippen LogP contribution in [0.4, 0.5) is 0 Å². The topological polar surface area (TPSA) is 43.6 Å². The van der Waals surface area contributed by atoms with Gasteiger partial charge in [-0.25, -0.2) is 9.97 Å². The SMILES string of the molecule is C/C=C\C=C/C(C)c1c(C/C=C\C=C/CC)n(-c2cccc(C(/C=C\CC)=C/CC)n2)c2c3c(ccc12)C(C)/C(=C(\C=C/C)c1cccc(-c2ccncc2)n1)C=C3. The Kier molecular flexibility index (Phi) is 14.6. The van der Waals surface area contributed by atoms with E-state index in [0.29, 0.717) is 0 Å². The molecule has 0 bridgehead atoms. The van der Waals surface area contributed by atoms with Crippen LogP contribution in [0.25, 0.3) is 45.2 Å². The monoisotopic (exact) mass is 762 g/mol. The van der Waals surface area contributed by atoms with Crippen LogP contribution in [0.2, 0.25) is 0 Å². The zero-order valence-electron chi connectivity index (χ0n) is 35.4. The first-order valence-corrected chi connectivity index (χ1v) is 21.0. The van der Waals surface area contributed by atoms with Crippen LogP contribution in [0.5, 0.6) is 0 Å². The van der Waals surface area contributed by atoms with Crippen molar-refractivity contribution in [2.75, 3.05) is 0 Å². The lowest BCUT2D eigenvalue weighted by molar-refractivity contribution is 0.887. The third-order valence-electron chi connectivity index (χ3n) is 10.7. The minimum atomic E-state index is 0.112. The standard InChI is InChI=1S/C54H58N4/c1-8-13-16-17-19-29-51-53(39(6)24-18-14-9-2)47-34-32-44-40(7)43(45(23-12-5)50-28-20-26-48(56-50)42-35-37-55-38-36-42)31-33-46(44)54(47)58(51)52-30-21-27-49(57-52)41(22-11-4)25-15-10-3/h9,12-28,30-40H,8,10-11,29H2,1-7H3/b14-9-,16-13-,19-17-,23-12-,24-18-,25-15-,41-22+,45-43+. The molecule has 0 saturated heterocycles. The summed E-state index contributed by atoms with van der Waals surface area (Å²) in [6.07, 6.45) is 40.6. The number of fused-ring (bicyclic) bond motifs is 3. The van der Waals surface area contributed by atoms with Crippen molar-refractivity contribution in [2.24, 2.45) is 0 Å². The van der Waals surface area contributed by atoms with Gasteiger partial charge in [0.15, 0.2) is 0 Å². The van der Waals surface area contributed by atoms with E-state index in [1.165, 1.54) is 38.9 Å². The fourth-order valence-corrected chi connectivity index (χ4v) is 7.92. The molecule has 2 unspecified atom stereocenters.